The van der Waals surface area contributed by atoms with Crippen molar-refractivity contribution >= 4 is 38.9 Å². The van der Waals surface area contributed by atoms with E-state index in [1.807, 2.05) is 0 Å². The minimum absolute atomic E-state index is 0.356. The van der Waals surface area contributed by atoms with Gasteiger partial charge in [0.1, 0.15) is 18.0 Å². The van der Waals surface area contributed by atoms with Crippen LogP contribution in [0.2, 0.25) is 10.0 Å². The van der Waals surface area contributed by atoms with Gasteiger partial charge in [-0.25, -0.2) is 13.1 Å². The number of hydrogen-bond acceptors (Lipinski definition) is 6. The molecule has 0 aliphatic heterocycles. The molecule has 1 aromatic carbocycles. The Kier molecular flexibility index (Phi) is 6.50. The summed E-state index contributed by atoms with van der Waals surface area (Å²) in [5.41, 5.74) is -9.05. The maximum Gasteiger partial charge on any atom is 0.502 e. The van der Waals surface area contributed by atoms with Gasteiger partial charge >= 0.3 is 11.7 Å². The van der Waals surface area contributed by atoms with Crippen molar-refractivity contribution in [1.29, 1.82) is 5.26 Å². The molecule has 170 valence electrons. The lowest BCUT2D eigenvalue weighted by Gasteiger charge is -2.25. The molecule has 1 aromatic heterocycles. The van der Waals surface area contributed by atoms with E-state index in [1.54, 1.807) is 0 Å². The summed E-state index contributed by atoms with van der Waals surface area (Å²) < 4.78 is 103. The Morgan fingerprint density at radius 2 is 1.68 bits per heavy atom. The maximum absolute atomic E-state index is 13.2. The van der Waals surface area contributed by atoms with E-state index in [1.165, 1.54) is 6.07 Å². The third-order valence-electron chi connectivity index (χ3n) is 3.95. The molecule has 1 N–H and O–H groups in total. The highest BCUT2D eigenvalue weighted by Crippen LogP contribution is 2.43. The van der Waals surface area contributed by atoms with E-state index in [0.717, 1.165) is 14.0 Å². The fourth-order valence-electron chi connectivity index (χ4n) is 2.41. The van der Waals surface area contributed by atoms with E-state index >= 15 is 0 Å². The standard InChI is InChI=1S/C15H10Cl2F6N4O3S/c1-6(28)26(2)13-12(31(29,30)15(21,22)23)10(5-24)25-27(13)11-8(16)3-7(4-9(11)17)14(18,19)20/h3-4,6,28H,1-2H3. The fourth-order valence-corrected chi connectivity index (χ4v) is 4.10. The van der Waals surface area contributed by atoms with Gasteiger partial charge in [-0.2, -0.15) is 36.7 Å². The van der Waals surface area contributed by atoms with Gasteiger partial charge in [-0.1, -0.05) is 23.2 Å². The number of benzene rings is 1. The van der Waals surface area contributed by atoms with E-state index < -0.39 is 65.5 Å². The predicted molar refractivity (Wildman–Crippen MR) is 96.6 cm³/mol. The molecule has 16 heteroatoms. The third kappa shape index (κ3) is 4.40. The number of nitriles is 1. The fraction of sp³-hybridized carbons (Fsp3) is 0.333. The minimum atomic E-state index is -6.20. The molecule has 31 heavy (non-hydrogen) atoms. The van der Waals surface area contributed by atoms with Crippen molar-refractivity contribution in [1.82, 2.24) is 9.78 Å². The van der Waals surface area contributed by atoms with Crippen LogP contribution in [0.15, 0.2) is 17.0 Å². The highest BCUT2D eigenvalue weighted by Gasteiger charge is 2.52. The van der Waals surface area contributed by atoms with Crippen LogP contribution in [0.4, 0.5) is 32.2 Å². The molecular weight excluding hydrogens is 501 g/mol. The summed E-state index contributed by atoms with van der Waals surface area (Å²) in [6.07, 6.45) is -6.51. The van der Waals surface area contributed by atoms with E-state index in [4.69, 9.17) is 23.2 Å². The average molecular weight is 511 g/mol. The Morgan fingerprint density at radius 1 is 1.19 bits per heavy atom. The second kappa shape index (κ2) is 8.05. The first kappa shape index (κ1) is 25.1. The Labute approximate surface area is 180 Å². The molecule has 0 spiro atoms. The van der Waals surface area contributed by atoms with Crippen LogP contribution >= 0.6 is 23.2 Å². The topological polar surface area (TPSA) is 99.2 Å². The van der Waals surface area contributed by atoms with Gasteiger partial charge in [-0.3, -0.25) is 0 Å². The average Bonchev–Trinajstić information content (AvgIpc) is 2.98. The number of hydrogen-bond donors (Lipinski definition) is 1. The van der Waals surface area contributed by atoms with Crippen LogP contribution in [-0.4, -0.2) is 42.1 Å². The lowest BCUT2D eigenvalue weighted by atomic mass is 10.2. The SMILES string of the molecule is CC(O)N(C)c1c(S(=O)(=O)C(F)(F)F)c(C#N)nn1-c1c(Cl)cc(C(F)(F)F)cc1Cl. The summed E-state index contributed by atoms with van der Waals surface area (Å²) in [4.78, 5) is -1.03. The molecule has 0 amide bonds. The Bertz CT molecular complexity index is 1150. The largest absolute Gasteiger partial charge is 0.502 e. The molecule has 0 radical (unpaired) electrons. The maximum atomic E-state index is 13.2. The highest BCUT2D eigenvalue weighted by atomic mass is 35.5. The molecule has 2 aromatic rings. The lowest BCUT2D eigenvalue weighted by molar-refractivity contribution is -0.137. The summed E-state index contributed by atoms with van der Waals surface area (Å²) >= 11 is 11.7. The number of nitrogens with zero attached hydrogens (tertiary/aromatic N) is 4. The second-order valence-electron chi connectivity index (χ2n) is 6.00. The number of halogens is 8. The van der Waals surface area contributed by atoms with Crippen LogP contribution in [0.3, 0.4) is 0 Å². The molecule has 0 bridgehead atoms. The number of anilines is 1. The van der Waals surface area contributed by atoms with Crippen LogP contribution in [0.5, 0.6) is 0 Å². The molecular formula is C15H10Cl2F6N4O3S. The number of sulfone groups is 1. The van der Waals surface area contributed by atoms with Crippen molar-refractivity contribution in [3.05, 3.63) is 33.4 Å². The van der Waals surface area contributed by atoms with Crippen molar-refractivity contribution in [2.45, 2.75) is 29.7 Å². The number of rotatable bonds is 4. The van der Waals surface area contributed by atoms with Gasteiger partial charge in [0.25, 0.3) is 9.84 Å². The molecule has 0 aliphatic carbocycles. The van der Waals surface area contributed by atoms with E-state index in [9.17, 15) is 45.1 Å². The first-order valence-electron chi connectivity index (χ1n) is 7.77. The van der Waals surface area contributed by atoms with Gasteiger partial charge in [0, 0.05) is 7.05 Å². The summed E-state index contributed by atoms with van der Waals surface area (Å²) in [7, 11) is -5.24. The Hall–Kier alpha value is -2.21. The second-order valence-corrected chi connectivity index (χ2v) is 8.70. The smallest absolute Gasteiger partial charge is 0.374 e. The van der Waals surface area contributed by atoms with Crippen molar-refractivity contribution in [3.63, 3.8) is 0 Å². The number of aromatic nitrogens is 2. The summed E-state index contributed by atoms with van der Waals surface area (Å²) in [5, 5.41) is 21.0. The van der Waals surface area contributed by atoms with Crippen molar-refractivity contribution in [3.8, 4) is 11.8 Å². The Balaban J connectivity index is 3.03. The summed E-state index contributed by atoms with van der Waals surface area (Å²) in [5.74, 6) is -0.993. The van der Waals surface area contributed by atoms with Crippen molar-refractivity contribution < 1.29 is 39.9 Å². The minimum Gasteiger partial charge on any atom is -0.374 e. The van der Waals surface area contributed by atoms with Crippen LogP contribution in [0.25, 0.3) is 5.69 Å². The molecule has 2 rings (SSSR count). The van der Waals surface area contributed by atoms with Gasteiger partial charge < -0.3 is 10.0 Å². The van der Waals surface area contributed by atoms with E-state index in [2.05, 4.69) is 5.10 Å². The zero-order valence-corrected chi connectivity index (χ0v) is 17.5. The van der Waals surface area contributed by atoms with Gasteiger partial charge in [-0.05, 0) is 19.1 Å². The van der Waals surface area contributed by atoms with Gasteiger partial charge in [0.2, 0.25) is 0 Å². The lowest BCUT2D eigenvalue weighted by Crippen LogP contribution is -2.33. The quantitative estimate of drug-likeness (QED) is 0.490. The molecule has 1 unspecified atom stereocenters. The van der Waals surface area contributed by atoms with Gasteiger partial charge in [0.05, 0.1) is 15.6 Å². The molecule has 0 saturated carbocycles. The first-order chi connectivity index (χ1) is 13.9. The number of aliphatic hydroxyl groups excluding tert-OH is 1. The van der Waals surface area contributed by atoms with E-state index in [0.29, 0.717) is 21.7 Å². The molecule has 1 heterocycles. The van der Waals surface area contributed by atoms with Gasteiger partial charge in [0.15, 0.2) is 16.4 Å². The van der Waals surface area contributed by atoms with Crippen LogP contribution in [0.1, 0.15) is 18.2 Å². The van der Waals surface area contributed by atoms with Crippen LogP contribution in [-0.2, 0) is 16.0 Å². The molecule has 0 fully saturated rings. The Morgan fingerprint density at radius 3 is 2.03 bits per heavy atom. The molecule has 7 nitrogen and oxygen atoms in total. The van der Waals surface area contributed by atoms with Gasteiger partial charge in [-0.15, -0.1) is 0 Å². The monoisotopic (exact) mass is 510 g/mol. The number of alkyl halides is 6. The highest BCUT2D eigenvalue weighted by molar-refractivity contribution is 7.92. The van der Waals surface area contributed by atoms with Crippen molar-refractivity contribution in [2.24, 2.45) is 0 Å². The first-order valence-corrected chi connectivity index (χ1v) is 10.0. The normalized spacial score (nSPS) is 13.7. The van der Waals surface area contributed by atoms with Crippen LogP contribution in [0, 0.1) is 11.3 Å². The molecule has 0 aliphatic rings. The van der Waals surface area contributed by atoms with Crippen LogP contribution < -0.4 is 4.90 Å². The molecule has 0 saturated heterocycles. The predicted octanol–water partition coefficient (Wildman–Crippen LogP) is 4.14. The summed E-state index contributed by atoms with van der Waals surface area (Å²) in [6.45, 7) is 1.04. The number of aliphatic hydroxyl groups is 1. The van der Waals surface area contributed by atoms with E-state index in [-0.39, 0.29) is 0 Å². The van der Waals surface area contributed by atoms with Crippen molar-refractivity contribution in [2.75, 3.05) is 11.9 Å². The zero-order valence-electron chi connectivity index (χ0n) is 15.2. The molecule has 1 atom stereocenters. The zero-order chi connectivity index (χ0) is 24.1. The third-order valence-corrected chi connectivity index (χ3v) is 6.05. The summed E-state index contributed by atoms with van der Waals surface area (Å²) in [6, 6.07) is 1.97.